The highest BCUT2D eigenvalue weighted by Gasteiger charge is 2.27. The Morgan fingerprint density at radius 3 is 2.89 bits per heavy atom. The van der Waals surface area contributed by atoms with Crippen LogP contribution in [0, 0.1) is 12.7 Å². The van der Waals surface area contributed by atoms with Crippen molar-refractivity contribution >= 4 is 5.69 Å². The Balaban J connectivity index is 2.22. The van der Waals surface area contributed by atoms with Crippen LogP contribution in [0.4, 0.5) is 10.1 Å². The molecule has 0 bridgehead atoms. The van der Waals surface area contributed by atoms with E-state index in [1.54, 1.807) is 13.0 Å². The molecule has 3 heteroatoms. The van der Waals surface area contributed by atoms with E-state index in [0.29, 0.717) is 5.56 Å². The lowest BCUT2D eigenvalue weighted by molar-refractivity contribution is 0.366. The summed E-state index contributed by atoms with van der Waals surface area (Å²) in [7, 11) is 0. The normalized spacial score (nSPS) is 25.0. The molecule has 1 fully saturated rings. The molecule has 1 saturated heterocycles. The highest BCUT2D eigenvalue weighted by atomic mass is 19.1. The topological polar surface area (TPSA) is 15.3 Å². The number of benzene rings is 1. The highest BCUT2D eigenvalue weighted by Crippen LogP contribution is 2.23. The van der Waals surface area contributed by atoms with Crippen molar-refractivity contribution in [3.8, 4) is 0 Å². The van der Waals surface area contributed by atoms with Crippen LogP contribution in [0.25, 0.3) is 0 Å². The van der Waals surface area contributed by atoms with Crippen LogP contribution >= 0.6 is 0 Å². The molecule has 1 aromatic rings. The molecule has 1 N–H and O–H groups in total. The summed E-state index contributed by atoms with van der Waals surface area (Å²) >= 11 is 0. The zero-order valence-corrected chi connectivity index (χ0v) is 11.6. The predicted molar refractivity (Wildman–Crippen MR) is 74.7 cm³/mol. The SMILES string of the molecule is CCC1(C)CN(c2ccc(C)c(F)c2)CCCN1. The van der Waals surface area contributed by atoms with Crippen LogP contribution in [-0.4, -0.2) is 25.2 Å². The van der Waals surface area contributed by atoms with E-state index in [-0.39, 0.29) is 11.4 Å². The number of aryl methyl sites for hydroxylation is 1. The molecule has 0 aromatic heterocycles. The van der Waals surface area contributed by atoms with Gasteiger partial charge in [-0.3, -0.25) is 0 Å². The number of nitrogens with one attached hydrogen (secondary N) is 1. The van der Waals surface area contributed by atoms with Crippen LogP contribution in [0.3, 0.4) is 0 Å². The van der Waals surface area contributed by atoms with Gasteiger partial charge in [-0.1, -0.05) is 13.0 Å². The van der Waals surface area contributed by atoms with E-state index in [9.17, 15) is 4.39 Å². The molecule has 1 heterocycles. The Morgan fingerprint density at radius 2 is 2.22 bits per heavy atom. The van der Waals surface area contributed by atoms with Gasteiger partial charge in [-0.05, 0) is 50.9 Å². The Labute approximate surface area is 109 Å². The van der Waals surface area contributed by atoms with Gasteiger partial charge in [-0.2, -0.15) is 0 Å². The van der Waals surface area contributed by atoms with Crippen LogP contribution in [0.1, 0.15) is 32.3 Å². The molecular formula is C15H23FN2. The van der Waals surface area contributed by atoms with Gasteiger partial charge in [0.2, 0.25) is 0 Å². The molecule has 18 heavy (non-hydrogen) atoms. The lowest BCUT2D eigenvalue weighted by atomic mass is 9.98. The third-order valence-corrected chi connectivity index (χ3v) is 4.00. The lowest BCUT2D eigenvalue weighted by Crippen LogP contribution is -2.48. The van der Waals surface area contributed by atoms with Gasteiger partial charge in [-0.15, -0.1) is 0 Å². The van der Waals surface area contributed by atoms with Crippen LogP contribution in [-0.2, 0) is 0 Å². The first-order chi connectivity index (χ1) is 8.54. The number of nitrogens with zero attached hydrogens (tertiary/aromatic N) is 1. The van der Waals surface area contributed by atoms with Gasteiger partial charge in [0.15, 0.2) is 0 Å². The second-order valence-electron chi connectivity index (χ2n) is 5.55. The predicted octanol–water partition coefficient (Wildman–Crippen LogP) is 3.10. The summed E-state index contributed by atoms with van der Waals surface area (Å²) in [6.45, 7) is 9.22. The van der Waals surface area contributed by atoms with E-state index < -0.39 is 0 Å². The molecular weight excluding hydrogens is 227 g/mol. The summed E-state index contributed by atoms with van der Waals surface area (Å²) < 4.78 is 13.7. The summed E-state index contributed by atoms with van der Waals surface area (Å²) in [6.07, 6.45) is 2.18. The number of hydrogen-bond acceptors (Lipinski definition) is 2. The summed E-state index contributed by atoms with van der Waals surface area (Å²) in [4.78, 5) is 2.30. The summed E-state index contributed by atoms with van der Waals surface area (Å²) in [5, 5.41) is 3.60. The fourth-order valence-corrected chi connectivity index (χ4v) is 2.45. The minimum absolute atomic E-state index is 0.108. The number of hydrogen-bond donors (Lipinski definition) is 1. The molecule has 1 aromatic carbocycles. The largest absolute Gasteiger partial charge is 0.370 e. The molecule has 100 valence electrons. The van der Waals surface area contributed by atoms with Gasteiger partial charge in [0.25, 0.3) is 0 Å². The first-order valence-corrected chi connectivity index (χ1v) is 6.80. The molecule has 0 saturated carbocycles. The first kappa shape index (κ1) is 13.3. The zero-order valence-electron chi connectivity index (χ0n) is 11.6. The van der Waals surface area contributed by atoms with E-state index in [1.807, 2.05) is 12.1 Å². The van der Waals surface area contributed by atoms with Gasteiger partial charge in [0.05, 0.1) is 0 Å². The van der Waals surface area contributed by atoms with Crippen molar-refractivity contribution in [3.05, 3.63) is 29.6 Å². The van der Waals surface area contributed by atoms with Crippen molar-refractivity contribution in [1.29, 1.82) is 0 Å². The molecule has 1 aliphatic heterocycles. The van der Waals surface area contributed by atoms with Crippen LogP contribution in [0.5, 0.6) is 0 Å². The van der Waals surface area contributed by atoms with Crippen molar-refractivity contribution in [3.63, 3.8) is 0 Å². The molecule has 0 spiro atoms. The molecule has 0 amide bonds. The maximum Gasteiger partial charge on any atom is 0.128 e. The average molecular weight is 250 g/mol. The molecule has 2 rings (SSSR count). The maximum absolute atomic E-state index is 13.7. The molecule has 1 atom stereocenters. The van der Waals surface area contributed by atoms with E-state index in [4.69, 9.17) is 0 Å². The second kappa shape index (κ2) is 5.27. The Kier molecular flexibility index (Phi) is 3.91. The Hall–Kier alpha value is -1.09. The Morgan fingerprint density at radius 1 is 1.44 bits per heavy atom. The fourth-order valence-electron chi connectivity index (χ4n) is 2.45. The zero-order chi connectivity index (χ0) is 13.2. The third-order valence-electron chi connectivity index (χ3n) is 4.00. The molecule has 1 aliphatic rings. The quantitative estimate of drug-likeness (QED) is 0.867. The van der Waals surface area contributed by atoms with Crippen molar-refractivity contribution < 1.29 is 4.39 Å². The second-order valence-corrected chi connectivity index (χ2v) is 5.55. The van der Waals surface area contributed by atoms with E-state index >= 15 is 0 Å². The minimum Gasteiger partial charge on any atom is -0.370 e. The monoisotopic (exact) mass is 250 g/mol. The van der Waals surface area contributed by atoms with Crippen LogP contribution in [0.2, 0.25) is 0 Å². The van der Waals surface area contributed by atoms with Crippen molar-refractivity contribution in [1.82, 2.24) is 5.32 Å². The fraction of sp³-hybridized carbons (Fsp3) is 0.600. The average Bonchev–Trinajstić information content (AvgIpc) is 2.56. The molecule has 0 aliphatic carbocycles. The molecule has 1 unspecified atom stereocenters. The van der Waals surface area contributed by atoms with Gasteiger partial charge < -0.3 is 10.2 Å². The van der Waals surface area contributed by atoms with Crippen LogP contribution in [0.15, 0.2) is 18.2 Å². The summed E-state index contributed by atoms with van der Waals surface area (Å²) in [5.41, 5.74) is 1.84. The summed E-state index contributed by atoms with van der Waals surface area (Å²) in [6, 6.07) is 5.56. The molecule has 0 radical (unpaired) electrons. The van der Waals surface area contributed by atoms with Crippen molar-refractivity contribution in [2.24, 2.45) is 0 Å². The lowest BCUT2D eigenvalue weighted by Gasteiger charge is -2.34. The summed E-state index contributed by atoms with van der Waals surface area (Å²) in [5.74, 6) is -0.108. The van der Waals surface area contributed by atoms with Gasteiger partial charge in [0, 0.05) is 24.3 Å². The highest BCUT2D eigenvalue weighted by molar-refractivity contribution is 5.48. The van der Waals surface area contributed by atoms with E-state index in [1.165, 1.54) is 0 Å². The first-order valence-electron chi connectivity index (χ1n) is 6.80. The van der Waals surface area contributed by atoms with Gasteiger partial charge in [0.1, 0.15) is 5.82 Å². The van der Waals surface area contributed by atoms with E-state index in [2.05, 4.69) is 24.1 Å². The third kappa shape index (κ3) is 2.83. The van der Waals surface area contributed by atoms with Gasteiger partial charge in [-0.25, -0.2) is 4.39 Å². The smallest absolute Gasteiger partial charge is 0.128 e. The minimum atomic E-state index is -0.108. The van der Waals surface area contributed by atoms with Crippen molar-refractivity contribution in [2.75, 3.05) is 24.5 Å². The number of halogens is 1. The van der Waals surface area contributed by atoms with Crippen molar-refractivity contribution in [2.45, 2.75) is 39.2 Å². The molecule has 2 nitrogen and oxygen atoms in total. The Bertz CT molecular complexity index is 419. The standard InChI is InChI=1S/C15H23FN2/c1-4-15(3)11-18(9-5-8-17-15)13-7-6-12(2)14(16)10-13/h6-7,10,17H,4-5,8-9,11H2,1-3H3. The van der Waals surface area contributed by atoms with E-state index in [0.717, 1.165) is 38.2 Å². The maximum atomic E-state index is 13.7. The number of anilines is 1. The number of rotatable bonds is 2. The van der Waals surface area contributed by atoms with Crippen LogP contribution < -0.4 is 10.2 Å². The van der Waals surface area contributed by atoms with Gasteiger partial charge >= 0.3 is 0 Å².